The highest BCUT2D eigenvalue weighted by atomic mass is 35.5. The van der Waals surface area contributed by atoms with E-state index >= 15 is 0 Å². The summed E-state index contributed by atoms with van der Waals surface area (Å²) in [5.74, 6) is 2.84. The molecule has 1 saturated heterocycles. The van der Waals surface area contributed by atoms with Gasteiger partial charge in [0.2, 0.25) is 0 Å². The molecule has 4 nitrogen and oxygen atoms in total. The van der Waals surface area contributed by atoms with Gasteiger partial charge >= 0.3 is 0 Å². The number of thioether (sulfide) groups is 1. The second-order valence-corrected chi connectivity index (χ2v) is 8.85. The van der Waals surface area contributed by atoms with Gasteiger partial charge < -0.3 is 9.32 Å². The number of pyridine rings is 1. The van der Waals surface area contributed by atoms with Crippen LogP contribution in [0.1, 0.15) is 42.4 Å². The van der Waals surface area contributed by atoms with Gasteiger partial charge in [0.25, 0.3) is 0 Å². The third-order valence-electron chi connectivity index (χ3n) is 5.78. The first-order chi connectivity index (χ1) is 14.2. The average Bonchev–Trinajstić information content (AvgIpc) is 3.45. The van der Waals surface area contributed by atoms with Crippen LogP contribution in [0, 0.1) is 6.92 Å². The van der Waals surface area contributed by atoms with Crippen molar-refractivity contribution < 1.29 is 4.42 Å². The summed E-state index contributed by atoms with van der Waals surface area (Å²) in [5, 5.41) is 1.86. The number of aromatic nitrogens is 1. The van der Waals surface area contributed by atoms with E-state index in [4.69, 9.17) is 21.0 Å². The Morgan fingerprint density at radius 2 is 2.07 bits per heavy atom. The molecule has 0 aliphatic carbocycles. The molecule has 2 aromatic heterocycles. The van der Waals surface area contributed by atoms with Crippen molar-refractivity contribution in [3.8, 4) is 11.3 Å². The van der Waals surface area contributed by atoms with Crippen LogP contribution >= 0.6 is 23.4 Å². The topological polar surface area (TPSA) is 41.6 Å². The molecular weight excluding hydrogens is 402 g/mol. The van der Waals surface area contributed by atoms with Gasteiger partial charge in [-0.1, -0.05) is 48.5 Å². The van der Waals surface area contributed by atoms with Crippen molar-refractivity contribution in [1.29, 1.82) is 0 Å². The number of nitrogens with zero attached hydrogens (tertiary/aromatic N) is 3. The standard InChI is InChI=1S/C23H22ClN3OS/c1-3-15-13-29-23-26-21(18-9-4-5-12-25-18)22(27(15)23)20-11-10-19(28-20)16-7-6-8-17(24)14(16)2/h4-12,15,21-22H,3,13H2,1-2H3/t15-,21+,22-/m1/s1. The first-order valence-corrected chi connectivity index (χ1v) is 11.3. The first kappa shape index (κ1) is 18.8. The highest BCUT2D eigenvalue weighted by molar-refractivity contribution is 8.14. The van der Waals surface area contributed by atoms with Crippen LogP contribution in [-0.2, 0) is 0 Å². The zero-order chi connectivity index (χ0) is 20.0. The lowest BCUT2D eigenvalue weighted by Crippen LogP contribution is -2.35. The minimum atomic E-state index is -0.0625. The zero-order valence-electron chi connectivity index (χ0n) is 16.4. The number of rotatable bonds is 4. The molecule has 0 amide bonds. The summed E-state index contributed by atoms with van der Waals surface area (Å²) in [6.45, 7) is 4.26. The molecule has 1 fully saturated rings. The fourth-order valence-corrected chi connectivity index (χ4v) is 5.70. The highest BCUT2D eigenvalue weighted by Gasteiger charge is 2.46. The fourth-order valence-electron chi connectivity index (χ4n) is 4.19. The monoisotopic (exact) mass is 423 g/mol. The minimum Gasteiger partial charge on any atom is -0.459 e. The molecule has 3 aromatic rings. The Hall–Kier alpha value is -2.24. The Kier molecular flexibility index (Phi) is 4.88. The maximum atomic E-state index is 6.43. The summed E-state index contributed by atoms with van der Waals surface area (Å²) >= 11 is 8.17. The highest BCUT2D eigenvalue weighted by Crippen LogP contribution is 2.49. The Labute approximate surface area is 180 Å². The number of fused-ring (bicyclic) bond motifs is 1. The van der Waals surface area contributed by atoms with Gasteiger partial charge in [0, 0.05) is 28.6 Å². The lowest BCUT2D eigenvalue weighted by atomic mass is 10.0. The fraction of sp³-hybridized carbons (Fsp3) is 0.304. The number of amidine groups is 1. The number of hydrogen-bond donors (Lipinski definition) is 0. The zero-order valence-corrected chi connectivity index (χ0v) is 18.0. The second-order valence-electron chi connectivity index (χ2n) is 7.45. The molecule has 2 aliphatic rings. The molecule has 6 heteroatoms. The van der Waals surface area contributed by atoms with Crippen molar-refractivity contribution in [2.24, 2.45) is 4.99 Å². The molecule has 0 radical (unpaired) electrons. The van der Waals surface area contributed by atoms with E-state index in [-0.39, 0.29) is 12.1 Å². The molecule has 4 heterocycles. The summed E-state index contributed by atoms with van der Waals surface area (Å²) in [6.07, 6.45) is 2.92. The first-order valence-electron chi connectivity index (χ1n) is 9.92. The number of benzene rings is 1. The van der Waals surface area contributed by atoms with Crippen molar-refractivity contribution in [2.75, 3.05) is 5.75 Å². The summed E-state index contributed by atoms with van der Waals surface area (Å²) in [5.41, 5.74) is 3.04. The van der Waals surface area contributed by atoms with Gasteiger partial charge in [-0.25, -0.2) is 4.99 Å². The molecular formula is C23H22ClN3OS. The third kappa shape index (κ3) is 3.17. The smallest absolute Gasteiger partial charge is 0.161 e. The van der Waals surface area contributed by atoms with Crippen LogP contribution in [0.25, 0.3) is 11.3 Å². The Morgan fingerprint density at radius 3 is 2.86 bits per heavy atom. The quantitative estimate of drug-likeness (QED) is 0.495. The molecule has 0 saturated carbocycles. The average molecular weight is 424 g/mol. The van der Waals surface area contributed by atoms with Gasteiger partial charge in [0.1, 0.15) is 23.6 Å². The largest absolute Gasteiger partial charge is 0.459 e. The van der Waals surface area contributed by atoms with Crippen LogP contribution in [0.3, 0.4) is 0 Å². The summed E-state index contributed by atoms with van der Waals surface area (Å²) in [7, 11) is 0. The van der Waals surface area contributed by atoms with E-state index in [0.717, 1.165) is 50.7 Å². The number of hydrogen-bond acceptors (Lipinski definition) is 5. The Bertz CT molecular complexity index is 1060. The minimum absolute atomic E-state index is 0.0214. The van der Waals surface area contributed by atoms with E-state index in [1.54, 1.807) is 0 Å². The van der Waals surface area contributed by atoms with Crippen molar-refractivity contribution in [1.82, 2.24) is 9.88 Å². The molecule has 1 aromatic carbocycles. The normalized spacial score (nSPS) is 23.3. The second kappa shape index (κ2) is 7.54. The lowest BCUT2D eigenvalue weighted by molar-refractivity contribution is 0.226. The molecule has 0 unspecified atom stereocenters. The van der Waals surface area contributed by atoms with Crippen molar-refractivity contribution >= 4 is 28.5 Å². The molecule has 0 spiro atoms. The van der Waals surface area contributed by atoms with E-state index in [1.807, 2.05) is 55.2 Å². The maximum absolute atomic E-state index is 6.43. The Balaban J connectivity index is 1.57. The third-order valence-corrected chi connectivity index (χ3v) is 7.32. The van der Waals surface area contributed by atoms with E-state index < -0.39 is 0 Å². The summed E-state index contributed by atoms with van der Waals surface area (Å²) in [4.78, 5) is 12.1. The van der Waals surface area contributed by atoms with Crippen LogP contribution in [0.4, 0.5) is 0 Å². The van der Waals surface area contributed by atoms with E-state index in [9.17, 15) is 0 Å². The maximum Gasteiger partial charge on any atom is 0.161 e. The van der Waals surface area contributed by atoms with Gasteiger partial charge in [0.15, 0.2) is 5.17 Å². The van der Waals surface area contributed by atoms with Gasteiger partial charge in [-0.2, -0.15) is 0 Å². The predicted octanol–water partition coefficient (Wildman–Crippen LogP) is 6.28. The summed E-state index contributed by atoms with van der Waals surface area (Å²) in [6, 6.07) is 16.5. The van der Waals surface area contributed by atoms with Crippen molar-refractivity contribution in [3.05, 3.63) is 76.8 Å². The molecule has 3 atom stereocenters. The van der Waals surface area contributed by atoms with Gasteiger partial charge in [-0.15, -0.1) is 0 Å². The molecule has 0 N–H and O–H groups in total. The number of aliphatic imine (C=N–C) groups is 1. The lowest BCUT2D eigenvalue weighted by Gasteiger charge is -2.30. The molecule has 148 valence electrons. The van der Waals surface area contributed by atoms with Crippen molar-refractivity contribution in [2.45, 2.75) is 38.4 Å². The number of furan rings is 1. The van der Waals surface area contributed by atoms with Gasteiger partial charge in [-0.05, 0) is 49.2 Å². The van der Waals surface area contributed by atoms with Crippen LogP contribution in [0.5, 0.6) is 0 Å². The van der Waals surface area contributed by atoms with Crippen LogP contribution in [0.2, 0.25) is 5.02 Å². The molecule has 29 heavy (non-hydrogen) atoms. The molecule has 5 rings (SSSR count). The van der Waals surface area contributed by atoms with Crippen LogP contribution < -0.4 is 0 Å². The SMILES string of the molecule is CC[C@@H]1CSC2=N[C@@H](c3ccccn3)[C@@H](c3ccc(-c4cccc(Cl)c4C)o3)N21. The van der Waals surface area contributed by atoms with E-state index in [1.165, 1.54) is 0 Å². The molecule has 0 bridgehead atoms. The van der Waals surface area contributed by atoms with Crippen molar-refractivity contribution in [3.63, 3.8) is 0 Å². The summed E-state index contributed by atoms with van der Waals surface area (Å²) < 4.78 is 6.43. The Morgan fingerprint density at radius 1 is 1.17 bits per heavy atom. The van der Waals surface area contributed by atoms with Gasteiger partial charge in [0.05, 0.1) is 5.69 Å². The predicted molar refractivity (Wildman–Crippen MR) is 119 cm³/mol. The number of halogens is 1. The van der Waals surface area contributed by atoms with Gasteiger partial charge in [-0.3, -0.25) is 4.98 Å². The molecule has 2 aliphatic heterocycles. The van der Waals surface area contributed by atoms with E-state index in [2.05, 4.69) is 35.0 Å². The van der Waals surface area contributed by atoms with Crippen LogP contribution in [-0.4, -0.2) is 26.8 Å². The van der Waals surface area contributed by atoms with E-state index in [0.29, 0.717) is 6.04 Å². The van der Waals surface area contributed by atoms with Crippen LogP contribution in [0.15, 0.2) is 64.1 Å².